The molecule has 1 heteroatoms. The Morgan fingerprint density at radius 2 is 1.92 bits per heavy atom. The molecule has 0 aromatic heterocycles. The smallest absolute Gasteiger partial charge is 0.0370 e. The predicted octanol–water partition coefficient (Wildman–Crippen LogP) is 3.16. The van der Waals surface area contributed by atoms with Crippen LogP contribution in [0.2, 0.25) is 0 Å². The number of rotatable bonds is 2. The second-order valence-corrected chi connectivity index (χ2v) is 3.48. The van der Waals surface area contributed by atoms with E-state index in [0.717, 1.165) is 0 Å². The average molecular weight is 163 g/mol. The molecule has 0 unspecified atom stereocenters. The van der Waals surface area contributed by atoms with Crippen molar-refractivity contribution in [2.45, 2.75) is 26.7 Å². The molecule has 1 rings (SSSR count). The predicted molar refractivity (Wildman–Crippen MR) is 54.8 cm³/mol. The Kier molecular flexibility index (Phi) is 2.74. The van der Waals surface area contributed by atoms with Crippen LogP contribution in [0.1, 0.15) is 30.9 Å². The van der Waals surface area contributed by atoms with Gasteiger partial charge in [0.1, 0.15) is 0 Å². The van der Waals surface area contributed by atoms with E-state index in [1.807, 2.05) is 7.05 Å². The summed E-state index contributed by atoms with van der Waals surface area (Å²) in [5.41, 5.74) is 3.94. The van der Waals surface area contributed by atoms with E-state index in [4.69, 9.17) is 0 Å². The molecular formula is C11H17N. The number of anilines is 1. The van der Waals surface area contributed by atoms with Crippen molar-refractivity contribution in [1.82, 2.24) is 0 Å². The minimum Gasteiger partial charge on any atom is -0.388 e. The van der Waals surface area contributed by atoms with Crippen LogP contribution in [0.15, 0.2) is 18.2 Å². The first kappa shape index (κ1) is 9.11. The largest absolute Gasteiger partial charge is 0.388 e. The molecule has 0 bridgehead atoms. The Bertz CT molecular complexity index is 264. The molecule has 1 aromatic rings. The fourth-order valence-corrected chi connectivity index (χ4v) is 1.27. The molecule has 12 heavy (non-hydrogen) atoms. The Hall–Kier alpha value is -0.980. The van der Waals surface area contributed by atoms with Gasteiger partial charge in [-0.3, -0.25) is 0 Å². The molecule has 1 nitrogen and oxygen atoms in total. The van der Waals surface area contributed by atoms with Gasteiger partial charge < -0.3 is 5.32 Å². The molecule has 0 fully saturated rings. The van der Waals surface area contributed by atoms with Gasteiger partial charge in [-0.05, 0) is 30.0 Å². The van der Waals surface area contributed by atoms with Crippen LogP contribution in [0.25, 0.3) is 0 Å². The average Bonchev–Trinajstić information content (AvgIpc) is 2.05. The lowest BCUT2D eigenvalue weighted by Gasteiger charge is -2.10. The van der Waals surface area contributed by atoms with Gasteiger partial charge in [0, 0.05) is 12.7 Å². The zero-order valence-corrected chi connectivity index (χ0v) is 8.31. The Balaban J connectivity index is 3.05. The first-order valence-corrected chi connectivity index (χ1v) is 4.43. The molecule has 0 spiro atoms. The van der Waals surface area contributed by atoms with Crippen molar-refractivity contribution in [2.75, 3.05) is 12.4 Å². The Morgan fingerprint density at radius 3 is 2.42 bits per heavy atom. The molecule has 0 aliphatic heterocycles. The third-order valence-corrected chi connectivity index (χ3v) is 2.20. The number of hydrogen-bond donors (Lipinski definition) is 1. The van der Waals surface area contributed by atoms with E-state index in [-0.39, 0.29) is 0 Å². The summed E-state index contributed by atoms with van der Waals surface area (Å²) in [5, 5.41) is 3.19. The van der Waals surface area contributed by atoms with Crippen LogP contribution in [0.4, 0.5) is 5.69 Å². The Labute approximate surface area is 74.8 Å². The molecule has 0 saturated carbocycles. The topological polar surface area (TPSA) is 12.0 Å². The molecular weight excluding hydrogens is 146 g/mol. The van der Waals surface area contributed by atoms with Gasteiger partial charge in [0.15, 0.2) is 0 Å². The zero-order valence-electron chi connectivity index (χ0n) is 8.31. The van der Waals surface area contributed by atoms with Gasteiger partial charge in [0.25, 0.3) is 0 Å². The molecule has 0 amide bonds. The third kappa shape index (κ3) is 1.79. The fourth-order valence-electron chi connectivity index (χ4n) is 1.27. The Morgan fingerprint density at radius 1 is 1.25 bits per heavy atom. The van der Waals surface area contributed by atoms with Crippen LogP contribution in [0.5, 0.6) is 0 Å². The number of nitrogens with one attached hydrogen (secondary N) is 1. The summed E-state index contributed by atoms with van der Waals surface area (Å²) in [7, 11) is 1.96. The molecule has 66 valence electrons. The lowest BCUT2D eigenvalue weighted by Crippen LogP contribution is -1.94. The van der Waals surface area contributed by atoms with Gasteiger partial charge in [0.2, 0.25) is 0 Å². The highest BCUT2D eigenvalue weighted by atomic mass is 14.8. The van der Waals surface area contributed by atoms with Crippen LogP contribution < -0.4 is 5.32 Å². The minimum atomic E-state index is 0.609. The van der Waals surface area contributed by atoms with Gasteiger partial charge in [-0.2, -0.15) is 0 Å². The maximum absolute atomic E-state index is 3.19. The minimum absolute atomic E-state index is 0.609. The lowest BCUT2D eigenvalue weighted by atomic mass is 10.0. The summed E-state index contributed by atoms with van der Waals surface area (Å²) >= 11 is 0. The normalized spacial score (nSPS) is 10.4. The van der Waals surface area contributed by atoms with Crippen molar-refractivity contribution in [3.63, 3.8) is 0 Å². The third-order valence-electron chi connectivity index (χ3n) is 2.20. The number of hydrogen-bond acceptors (Lipinski definition) is 1. The quantitative estimate of drug-likeness (QED) is 0.706. The summed E-state index contributed by atoms with van der Waals surface area (Å²) in [6, 6.07) is 6.59. The summed E-state index contributed by atoms with van der Waals surface area (Å²) in [5.74, 6) is 0.609. The maximum atomic E-state index is 3.19. The van der Waals surface area contributed by atoms with Crippen molar-refractivity contribution in [3.05, 3.63) is 29.3 Å². The van der Waals surface area contributed by atoms with Gasteiger partial charge in [-0.1, -0.05) is 26.0 Å². The van der Waals surface area contributed by atoms with Crippen LogP contribution in [-0.4, -0.2) is 7.05 Å². The van der Waals surface area contributed by atoms with E-state index in [2.05, 4.69) is 44.3 Å². The maximum Gasteiger partial charge on any atom is 0.0370 e. The molecule has 0 radical (unpaired) electrons. The monoisotopic (exact) mass is 163 g/mol. The highest BCUT2D eigenvalue weighted by molar-refractivity contribution is 5.52. The summed E-state index contributed by atoms with van der Waals surface area (Å²) in [6.07, 6.45) is 0. The van der Waals surface area contributed by atoms with E-state index in [0.29, 0.717) is 5.92 Å². The van der Waals surface area contributed by atoms with Crippen LogP contribution in [-0.2, 0) is 0 Å². The first-order chi connectivity index (χ1) is 5.65. The zero-order chi connectivity index (χ0) is 9.14. The van der Waals surface area contributed by atoms with Crippen LogP contribution in [0, 0.1) is 6.92 Å². The number of benzene rings is 1. The highest BCUT2D eigenvalue weighted by Crippen LogP contribution is 2.21. The molecule has 0 aliphatic carbocycles. The standard InChI is InChI=1S/C11H17N/c1-8(2)10-6-5-9(3)11(7-10)12-4/h5-8,12H,1-4H3. The summed E-state index contributed by atoms with van der Waals surface area (Å²) in [4.78, 5) is 0. The van der Waals surface area contributed by atoms with Crippen molar-refractivity contribution in [1.29, 1.82) is 0 Å². The van der Waals surface area contributed by atoms with Crippen molar-refractivity contribution in [3.8, 4) is 0 Å². The molecule has 1 aromatic carbocycles. The van der Waals surface area contributed by atoms with E-state index in [1.165, 1.54) is 16.8 Å². The van der Waals surface area contributed by atoms with E-state index in [9.17, 15) is 0 Å². The van der Waals surface area contributed by atoms with Gasteiger partial charge in [-0.15, -0.1) is 0 Å². The molecule has 0 atom stereocenters. The SMILES string of the molecule is CNc1cc(C(C)C)ccc1C. The van der Waals surface area contributed by atoms with E-state index >= 15 is 0 Å². The highest BCUT2D eigenvalue weighted by Gasteiger charge is 2.01. The van der Waals surface area contributed by atoms with E-state index < -0.39 is 0 Å². The second-order valence-electron chi connectivity index (χ2n) is 3.48. The molecule has 0 heterocycles. The second kappa shape index (κ2) is 3.61. The van der Waals surface area contributed by atoms with Gasteiger partial charge in [-0.25, -0.2) is 0 Å². The van der Waals surface area contributed by atoms with Crippen LogP contribution >= 0.6 is 0 Å². The lowest BCUT2D eigenvalue weighted by molar-refractivity contribution is 0.866. The van der Waals surface area contributed by atoms with Crippen molar-refractivity contribution < 1.29 is 0 Å². The number of aryl methyl sites for hydroxylation is 1. The van der Waals surface area contributed by atoms with E-state index in [1.54, 1.807) is 0 Å². The van der Waals surface area contributed by atoms with Gasteiger partial charge in [0.05, 0.1) is 0 Å². The van der Waals surface area contributed by atoms with Gasteiger partial charge >= 0.3 is 0 Å². The van der Waals surface area contributed by atoms with Crippen molar-refractivity contribution >= 4 is 5.69 Å². The molecule has 0 aliphatic rings. The summed E-state index contributed by atoms with van der Waals surface area (Å²) in [6.45, 7) is 6.55. The summed E-state index contributed by atoms with van der Waals surface area (Å²) < 4.78 is 0. The molecule has 0 saturated heterocycles. The molecule has 1 N–H and O–H groups in total. The van der Waals surface area contributed by atoms with Crippen molar-refractivity contribution in [2.24, 2.45) is 0 Å². The fraction of sp³-hybridized carbons (Fsp3) is 0.455. The first-order valence-electron chi connectivity index (χ1n) is 4.43. The van der Waals surface area contributed by atoms with Crippen LogP contribution in [0.3, 0.4) is 0 Å².